The molecule has 1 atom stereocenters. The number of rotatable bonds is 3. The van der Waals surface area contributed by atoms with E-state index in [0.717, 1.165) is 6.07 Å². The van der Waals surface area contributed by atoms with Crippen LogP contribution in [0.2, 0.25) is 0 Å². The zero-order chi connectivity index (χ0) is 12.5. The van der Waals surface area contributed by atoms with Gasteiger partial charge in [0, 0.05) is 17.5 Å². The average Bonchev–Trinajstić information content (AvgIpc) is 2.16. The Balaban J connectivity index is 3.31. The van der Waals surface area contributed by atoms with Crippen molar-refractivity contribution in [1.82, 2.24) is 0 Å². The van der Waals surface area contributed by atoms with Crippen LogP contribution in [0.4, 0.5) is 13.2 Å². The lowest BCUT2D eigenvalue weighted by Gasteiger charge is -2.22. The Morgan fingerprint density at radius 2 is 1.75 bits per heavy atom. The minimum atomic E-state index is -3.17. The molecule has 0 bridgehead atoms. The molecule has 16 heavy (non-hydrogen) atoms. The number of alkyl halides is 2. The van der Waals surface area contributed by atoms with Crippen LogP contribution in [0.25, 0.3) is 0 Å². The molecule has 0 saturated carbocycles. The van der Waals surface area contributed by atoms with Crippen LogP contribution >= 0.6 is 0 Å². The molecular weight excluding hydrogens is 215 g/mol. The zero-order valence-electron chi connectivity index (χ0n) is 9.60. The molecule has 0 spiro atoms. The van der Waals surface area contributed by atoms with Crippen molar-refractivity contribution in [1.29, 1.82) is 0 Å². The molecule has 0 fully saturated rings. The maximum Gasteiger partial charge on any atom is 0.278 e. The van der Waals surface area contributed by atoms with E-state index in [2.05, 4.69) is 0 Å². The molecule has 0 aromatic heterocycles. The number of halogens is 3. The molecule has 0 amide bonds. The number of nitrogens with two attached hydrogens (primary N) is 1. The minimum Gasteiger partial charge on any atom is -0.324 e. The van der Waals surface area contributed by atoms with Crippen LogP contribution in [-0.2, 0) is 5.92 Å². The fourth-order valence-corrected chi connectivity index (χ4v) is 1.47. The summed E-state index contributed by atoms with van der Waals surface area (Å²) in [6.45, 7) is 4.28. The summed E-state index contributed by atoms with van der Waals surface area (Å²) in [5.41, 5.74) is 5.07. The van der Waals surface area contributed by atoms with E-state index in [1.54, 1.807) is 6.92 Å². The van der Waals surface area contributed by atoms with E-state index in [-0.39, 0.29) is 5.56 Å². The highest BCUT2D eigenvalue weighted by Crippen LogP contribution is 2.38. The minimum absolute atomic E-state index is 0.123. The third kappa shape index (κ3) is 2.21. The summed E-state index contributed by atoms with van der Waals surface area (Å²) in [7, 11) is 0. The number of hydrogen-bond donors (Lipinski definition) is 1. The van der Waals surface area contributed by atoms with Crippen molar-refractivity contribution in [3.05, 3.63) is 35.1 Å². The highest BCUT2D eigenvalue weighted by atomic mass is 19.3. The molecule has 0 aliphatic rings. The van der Waals surface area contributed by atoms with Crippen molar-refractivity contribution in [2.45, 2.75) is 32.7 Å². The lowest BCUT2D eigenvalue weighted by Crippen LogP contribution is -2.23. The van der Waals surface area contributed by atoms with Gasteiger partial charge in [-0.25, -0.2) is 13.2 Å². The Kier molecular flexibility index (Phi) is 3.63. The largest absolute Gasteiger partial charge is 0.324 e. The monoisotopic (exact) mass is 231 g/mol. The zero-order valence-corrected chi connectivity index (χ0v) is 9.60. The van der Waals surface area contributed by atoms with Crippen molar-refractivity contribution < 1.29 is 13.2 Å². The van der Waals surface area contributed by atoms with E-state index < -0.39 is 29.3 Å². The predicted molar refractivity (Wildman–Crippen MR) is 57.7 cm³/mol. The normalized spacial score (nSPS) is 14.2. The van der Waals surface area contributed by atoms with Crippen LogP contribution in [0.15, 0.2) is 18.2 Å². The third-order valence-corrected chi connectivity index (χ3v) is 2.60. The van der Waals surface area contributed by atoms with Gasteiger partial charge in [0.05, 0.1) is 5.56 Å². The van der Waals surface area contributed by atoms with Gasteiger partial charge in [0.25, 0.3) is 5.92 Å². The second-order valence-electron chi connectivity index (χ2n) is 4.28. The van der Waals surface area contributed by atoms with E-state index >= 15 is 0 Å². The van der Waals surface area contributed by atoms with E-state index in [0.29, 0.717) is 0 Å². The first-order valence-corrected chi connectivity index (χ1v) is 5.20. The maximum absolute atomic E-state index is 13.8. The molecule has 1 rings (SSSR count). The summed E-state index contributed by atoms with van der Waals surface area (Å²) in [4.78, 5) is 0. The van der Waals surface area contributed by atoms with Gasteiger partial charge in [-0.3, -0.25) is 0 Å². The molecule has 4 heteroatoms. The van der Waals surface area contributed by atoms with Crippen LogP contribution in [0.1, 0.15) is 37.9 Å². The summed E-state index contributed by atoms with van der Waals surface area (Å²) < 4.78 is 41.2. The van der Waals surface area contributed by atoms with E-state index in [1.807, 2.05) is 0 Å². The Labute approximate surface area is 93.5 Å². The van der Waals surface area contributed by atoms with E-state index in [1.165, 1.54) is 26.0 Å². The fraction of sp³-hybridized carbons (Fsp3) is 0.500. The summed E-state index contributed by atoms with van der Waals surface area (Å²) in [6, 6.07) is 3.36. The Morgan fingerprint density at radius 3 is 2.19 bits per heavy atom. The molecule has 0 unspecified atom stereocenters. The molecule has 0 aliphatic carbocycles. The molecule has 0 radical (unpaired) electrons. The van der Waals surface area contributed by atoms with Crippen molar-refractivity contribution >= 4 is 0 Å². The van der Waals surface area contributed by atoms with Gasteiger partial charge in [0.1, 0.15) is 5.82 Å². The molecule has 90 valence electrons. The summed E-state index contributed by atoms with van der Waals surface area (Å²) in [5, 5.41) is 0. The Hall–Kier alpha value is -1.03. The average molecular weight is 231 g/mol. The molecule has 0 aliphatic heterocycles. The van der Waals surface area contributed by atoms with Crippen LogP contribution in [0, 0.1) is 11.7 Å². The summed E-state index contributed by atoms with van der Waals surface area (Å²) in [6.07, 6.45) is 0. The topological polar surface area (TPSA) is 26.0 Å². The predicted octanol–water partition coefficient (Wildman–Crippen LogP) is 3.59. The van der Waals surface area contributed by atoms with Gasteiger partial charge < -0.3 is 5.73 Å². The highest BCUT2D eigenvalue weighted by molar-refractivity contribution is 5.31. The molecule has 1 aromatic carbocycles. The summed E-state index contributed by atoms with van der Waals surface area (Å²) in [5.74, 6) is -5.02. The van der Waals surface area contributed by atoms with Gasteiger partial charge >= 0.3 is 0 Å². The number of benzene rings is 1. The molecule has 1 aromatic rings. The van der Waals surface area contributed by atoms with Gasteiger partial charge in [0.2, 0.25) is 0 Å². The quantitative estimate of drug-likeness (QED) is 0.845. The molecule has 1 nitrogen and oxygen atoms in total. The van der Waals surface area contributed by atoms with Crippen molar-refractivity contribution in [3.8, 4) is 0 Å². The second-order valence-corrected chi connectivity index (χ2v) is 4.28. The maximum atomic E-state index is 13.8. The van der Waals surface area contributed by atoms with Gasteiger partial charge in [-0.05, 0) is 6.92 Å². The Morgan fingerprint density at radius 1 is 1.19 bits per heavy atom. The van der Waals surface area contributed by atoms with E-state index in [9.17, 15) is 13.2 Å². The molecule has 2 N–H and O–H groups in total. The smallest absolute Gasteiger partial charge is 0.278 e. The first kappa shape index (κ1) is 13.0. The van der Waals surface area contributed by atoms with Gasteiger partial charge in [-0.2, -0.15) is 0 Å². The van der Waals surface area contributed by atoms with Gasteiger partial charge in [0.15, 0.2) is 0 Å². The van der Waals surface area contributed by atoms with E-state index in [4.69, 9.17) is 5.73 Å². The van der Waals surface area contributed by atoms with Gasteiger partial charge in [-0.15, -0.1) is 0 Å². The second kappa shape index (κ2) is 4.45. The highest BCUT2D eigenvalue weighted by Gasteiger charge is 2.38. The standard InChI is InChI=1S/C12H16F3N/c1-7(2)12(14,15)10-6-4-5-9(8(3)16)11(10)13/h4-8H,16H2,1-3H3/t8-/m1/s1. The lowest BCUT2D eigenvalue weighted by molar-refractivity contribution is -0.0545. The first-order valence-electron chi connectivity index (χ1n) is 5.20. The van der Waals surface area contributed by atoms with Crippen LogP contribution in [-0.4, -0.2) is 0 Å². The molecule has 0 saturated heterocycles. The van der Waals surface area contributed by atoms with Crippen LogP contribution < -0.4 is 5.73 Å². The van der Waals surface area contributed by atoms with Crippen molar-refractivity contribution in [3.63, 3.8) is 0 Å². The van der Waals surface area contributed by atoms with Crippen molar-refractivity contribution in [2.24, 2.45) is 11.7 Å². The molecule has 0 heterocycles. The Bertz CT molecular complexity index is 373. The van der Waals surface area contributed by atoms with Crippen LogP contribution in [0.3, 0.4) is 0 Å². The van der Waals surface area contributed by atoms with Gasteiger partial charge in [-0.1, -0.05) is 32.0 Å². The lowest BCUT2D eigenvalue weighted by atomic mass is 9.94. The first-order chi connectivity index (χ1) is 7.28. The fourth-order valence-electron chi connectivity index (χ4n) is 1.47. The summed E-state index contributed by atoms with van der Waals surface area (Å²) >= 11 is 0. The third-order valence-electron chi connectivity index (χ3n) is 2.60. The SMILES string of the molecule is CC(C)C(F)(F)c1cccc([C@@H](C)N)c1F. The molecular formula is C12H16F3N. The van der Waals surface area contributed by atoms with Crippen molar-refractivity contribution in [2.75, 3.05) is 0 Å². The number of hydrogen-bond acceptors (Lipinski definition) is 1. The van der Waals surface area contributed by atoms with Crippen LogP contribution in [0.5, 0.6) is 0 Å².